The molecule has 1 rings (SSSR count). The van der Waals surface area contributed by atoms with Gasteiger partial charge in [0.15, 0.2) is 0 Å². The van der Waals surface area contributed by atoms with Gasteiger partial charge in [-0.05, 0) is 25.2 Å². The Bertz CT molecular complexity index is 171. The zero-order chi connectivity index (χ0) is 8.97. The number of aliphatic hydroxyl groups is 1. The molecule has 2 nitrogen and oxygen atoms in total. The highest BCUT2D eigenvalue weighted by Crippen LogP contribution is 2.27. The SMILES string of the molecule is C#CC1OC(CCCO)CC1C. The number of terminal acetylenes is 1. The number of rotatable bonds is 3. The van der Waals surface area contributed by atoms with Crippen molar-refractivity contribution in [2.75, 3.05) is 6.61 Å². The molecule has 1 aliphatic heterocycles. The van der Waals surface area contributed by atoms with Gasteiger partial charge in [-0.25, -0.2) is 0 Å². The minimum atomic E-state index is -0.00584. The molecular weight excluding hydrogens is 152 g/mol. The Morgan fingerprint density at radius 2 is 2.42 bits per heavy atom. The van der Waals surface area contributed by atoms with E-state index in [1.165, 1.54) is 0 Å². The second kappa shape index (κ2) is 4.49. The van der Waals surface area contributed by atoms with E-state index in [1.54, 1.807) is 0 Å². The number of aliphatic hydroxyl groups excluding tert-OH is 1. The van der Waals surface area contributed by atoms with E-state index in [2.05, 4.69) is 12.8 Å². The van der Waals surface area contributed by atoms with Gasteiger partial charge in [-0.1, -0.05) is 12.8 Å². The lowest BCUT2D eigenvalue weighted by Gasteiger charge is -2.08. The molecule has 1 heterocycles. The maximum atomic E-state index is 8.62. The van der Waals surface area contributed by atoms with E-state index < -0.39 is 0 Å². The molecule has 0 aromatic heterocycles. The zero-order valence-corrected chi connectivity index (χ0v) is 7.49. The highest BCUT2D eigenvalue weighted by atomic mass is 16.5. The minimum Gasteiger partial charge on any atom is -0.396 e. The fourth-order valence-electron chi connectivity index (χ4n) is 1.64. The summed E-state index contributed by atoms with van der Waals surface area (Å²) in [5.74, 6) is 3.11. The van der Waals surface area contributed by atoms with Gasteiger partial charge in [-0.3, -0.25) is 0 Å². The molecular formula is C10H16O2. The van der Waals surface area contributed by atoms with Gasteiger partial charge in [0.1, 0.15) is 6.10 Å². The molecule has 1 N–H and O–H groups in total. The first kappa shape index (κ1) is 9.57. The van der Waals surface area contributed by atoms with Gasteiger partial charge in [-0.15, -0.1) is 6.42 Å². The standard InChI is InChI=1S/C10H16O2/c1-3-10-8(2)7-9(12-10)5-4-6-11/h1,8-11H,4-7H2,2H3. The molecule has 0 bridgehead atoms. The molecule has 0 radical (unpaired) electrons. The number of ether oxygens (including phenoxy) is 1. The monoisotopic (exact) mass is 168 g/mol. The average Bonchev–Trinajstić information content (AvgIpc) is 2.43. The summed E-state index contributed by atoms with van der Waals surface area (Å²) in [6, 6.07) is 0. The lowest BCUT2D eigenvalue weighted by molar-refractivity contribution is 0.0599. The molecule has 0 aliphatic carbocycles. The van der Waals surface area contributed by atoms with Crippen LogP contribution in [0.15, 0.2) is 0 Å². The summed E-state index contributed by atoms with van der Waals surface area (Å²) < 4.78 is 5.58. The molecule has 68 valence electrons. The Morgan fingerprint density at radius 1 is 1.67 bits per heavy atom. The largest absolute Gasteiger partial charge is 0.396 e. The van der Waals surface area contributed by atoms with Crippen LogP contribution in [0.1, 0.15) is 26.2 Å². The van der Waals surface area contributed by atoms with Crippen molar-refractivity contribution in [3.63, 3.8) is 0 Å². The van der Waals surface area contributed by atoms with Crippen LogP contribution in [-0.2, 0) is 4.74 Å². The first-order valence-corrected chi connectivity index (χ1v) is 4.50. The summed E-state index contributed by atoms with van der Waals surface area (Å²) in [4.78, 5) is 0. The molecule has 2 heteroatoms. The molecule has 1 aliphatic rings. The third-order valence-corrected chi connectivity index (χ3v) is 2.34. The van der Waals surface area contributed by atoms with E-state index >= 15 is 0 Å². The molecule has 0 amide bonds. The molecule has 12 heavy (non-hydrogen) atoms. The fraction of sp³-hybridized carbons (Fsp3) is 0.800. The Balaban J connectivity index is 2.29. The lowest BCUT2D eigenvalue weighted by atomic mass is 10.0. The van der Waals surface area contributed by atoms with Crippen molar-refractivity contribution < 1.29 is 9.84 Å². The predicted octanol–water partition coefficient (Wildman–Crippen LogP) is 1.19. The maximum absolute atomic E-state index is 8.62. The minimum absolute atomic E-state index is 0.00584. The topological polar surface area (TPSA) is 29.5 Å². The molecule has 0 aromatic carbocycles. The van der Waals surface area contributed by atoms with E-state index in [0.717, 1.165) is 19.3 Å². The smallest absolute Gasteiger partial charge is 0.120 e. The van der Waals surface area contributed by atoms with E-state index in [9.17, 15) is 0 Å². The molecule has 1 saturated heterocycles. The van der Waals surface area contributed by atoms with Crippen LogP contribution in [0.5, 0.6) is 0 Å². The van der Waals surface area contributed by atoms with Gasteiger partial charge in [-0.2, -0.15) is 0 Å². The van der Waals surface area contributed by atoms with Gasteiger partial charge < -0.3 is 9.84 Å². The van der Waals surface area contributed by atoms with Crippen molar-refractivity contribution in [1.82, 2.24) is 0 Å². The van der Waals surface area contributed by atoms with E-state index in [4.69, 9.17) is 16.3 Å². The van der Waals surface area contributed by atoms with Gasteiger partial charge >= 0.3 is 0 Å². The summed E-state index contributed by atoms with van der Waals surface area (Å²) >= 11 is 0. The number of hydrogen-bond donors (Lipinski definition) is 1. The molecule has 0 aromatic rings. The van der Waals surface area contributed by atoms with Crippen LogP contribution in [0.2, 0.25) is 0 Å². The van der Waals surface area contributed by atoms with Crippen molar-refractivity contribution in [3.05, 3.63) is 0 Å². The second-order valence-corrected chi connectivity index (χ2v) is 3.42. The molecule has 0 spiro atoms. The number of hydrogen-bond acceptors (Lipinski definition) is 2. The first-order valence-electron chi connectivity index (χ1n) is 4.50. The van der Waals surface area contributed by atoms with Crippen LogP contribution >= 0.6 is 0 Å². The van der Waals surface area contributed by atoms with Gasteiger partial charge in [0, 0.05) is 6.61 Å². The van der Waals surface area contributed by atoms with Gasteiger partial charge in [0.05, 0.1) is 6.10 Å². The second-order valence-electron chi connectivity index (χ2n) is 3.42. The van der Waals surface area contributed by atoms with Crippen LogP contribution in [0.3, 0.4) is 0 Å². The maximum Gasteiger partial charge on any atom is 0.120 e. The summed E-state index contributed by atoms with van der Waals surface area (Å²) in [7, 11) is 0. The Kier molecular flexibility index (Phi) is 3.58. The van der Waals surface area contributed by atoms with Crippen molar-refractivity contribution >= 4 is 0 Å². The average molecular weight is 168 g/mol. The predicted molar refractivity (Wildman–Crippen MR) is 47.6 cm³/mol. The molecule has 1 fully saturated rings. The quantitative estimate of drug-likeness (QED) is 0.641. The van der Waals surface area contributed by atoms with E-state index in [-0.39, 0.29) is 18.8 Å². The normalized spacial score (nSPS) is 34.9. The van der Waals surface area contributed by atoms with Crippen LogP contribution in [0.25, 0.3) is 0 Å². The molecule has 0 saturated carbocycles. The van der Waals surface area contributed by atoms with Crippen LogP contribution in [0.4, 0.5) is 0 Å². The van der Waals surface area contributed by atoms with Crippen molar-refractivity contribution in [2.45, 2.75) is 38.4 Å². The highest BCUT2D eigenvalue weighted by Gasteiger charge is 2.29. The third kappa shape index (κ3) is 2.23. The van der Waals surface area contributed by atoms with Gasteiger partial charge in [0.25, 0.3) is 0 Å². The summed E-state index contributed by atoms with van der Waals surface area (Å²) in [5.41, 5.74) is 0. The lowest BCUT2D eigenvalue weighted by Crippen LogP contribution is -2.11. The Morgan fingerprint density at radius 3 is 2.92 bits per heavy atom. The highest BCUT2D eigenvalue weighted by molar-refractivity contribution is 5.01. The third-order valence-electron chi connectivity index (χ3n) is 2.34. The first-order chi connectivity index (χ1) is 5.77. The van der Waals surface area contributed by atoms with Gasteiger partial charge in [0.2, 0.25) is 0 Å². The Hall–Kier alpha value is -0.520. The van der Waals surface area contributed by atoms with Crippen molar-refractivity contribution in [1.29, 1.82) is 0 Å². The molecule has 3 atom stereocenters. The van der Waals surface area contributed by atoms with Crippen LogP contribution < -0.4 is 0 Å². The fourth-order valence-corrected chi connectivity index (χ4v) is 1.64. The van der Waals surface area contributed by atoms with Crippen molar-refractivity contribution in [3.8, 4) is 12.3 Å². The Labute approximate surface area is 73.9 Å². The van der Waals surface area contributed by atoms with Crippen molar-refractivity contribution in [2.24, 2.45) is 5.92 Å². The van der Waals surface area contributed by atoms with Crippen LogP contribution in [-0.4, -0.2) is 23.9 Å². The zero-order valence-electron chi connectivity index (χ0n) is 7.49. The van der Waals surface area contributed by atoms with Crippen LogP contribution in [0, 0.1) is 18.3 Å². The van der Waals surface area contributed by atoms with E-state index in [1.807, 2.05) is 0 Å². The summed E-state index contributed by atoms with van der Waals surface area (Å²) in [6.07, 6.45) is 8.34. The molecule has 3 unspecified atom stereocenters. The summed E-state index contributed by atoms with van der Waals surface area (Å²) in [6.45, 7) is 2.36. The van der Waals surface area contributed by atoms with E-state index in [0.29, 0.717) is 5.92 Å². The summed E-state index contributed by atoms with van der Waals surface area (Å²) in [5, 5.41) is 8.62.